The maximum atomic E-state index is 11.6. The zero-order valence-corrected chi connectivity index (χ0v) is 12.1. The lowest BCUT2D eigenvalue weighted by atomic mass is 10.3. The van der Waals surface area contributed by atoms with Gasteiger partial charge in [0.05, 0.1) is 4.92 Å². The molecule has 2 N–H and O–H groups in total. The molecule has 1 aromatic rings. The number of carbonyl (C=O) groups is 1. The molecule has 0 aliphatic carbocycles. The van der Waals surface area contributed by atoms with E-state index in [-0.39, 0.29) is 10.9 Å². The highest BCUT2D eigenvalue weighted by Gasteiger charge is 2.08. The van der Waals surface area contributed by atoms with Gasteiger partial charge in [-0.15, -0.1) is 0 Å². The van der Waals surface area contributed by atoms with Gasteiger partial charge in [-0.05, 0) is 18.6 Å². The van der Waals surface area contributed by atoms with Crippen LogP contribution in [0.4, 0.5) is 16.2 Å². The second-order valence-corrected chi connectivity index (χ2v) is 6.08. The minimum atomic E-state index is -0.906. The van der Waals surface area contributed by atoms with E-state index in [1.54, 1.807) is 6.26 Å². The van der Waals surface area contributed by atoms with Crippen LogP contribution < -0.4 is 10.6 Å². The smallest absolute Gasteiger partial charge is 0.319 e. The molecule has 0 saturated carbocycles. The first kappa shape index (κ1) is 16.1. The van der Waals surface area contributed by atoms with E-state index in [1.165, 1.54) is 24.3 Å². The molecule has 2 amide bonds. The molecule has 20 heavy (non-hydrogen) atoms. The molecular weight excluding hydrogens is 282 g/mol. The summed E-state index contributed by atoms with van der Waals surface area (Å²) < 4.78 is 11.1. The van der Waals surface area contributed by atoms with E-state index in [4.69, 9.17) is 0 Å². The number of carbonyl (C=O) groups excluding carboxylic acids is 1. The van der Waals surface area contributed by atoms with Crippen molar-refractivity contribution >= 4 is 28.2 Å². The van der Waals surface area contributed by atoms with Crippen molar-refractivity contribution in [3.05, 3.63) is 34.4 Å². The Morgan fingerprint density at radius 3 is 2.50 bits per heavy atom. The topological polar surface area (TPSA) is 101 Å². The number of hydrogen-bond acceptors (Lipinski definition) is 4. The summed E-state index contributed by atoms with van der Waals surface area (Å²) in [5.74, 6) is 0. The molecule has 2 atom stereocenters. The number of nitro benzene ring substituents is 1. The van der Waals surface area contributed by atoms with E-state index in [0.29, 0.717) is 18.7 Å². The highest BCUT2D eigenvalue weighted by molar-refractivity contribution is 7.84. The van der Waals surface area contributed by atoms with Gasteiger partial charge in [0.25, 0.3) is 5.69 Å². The number of nitro groups is 1. The Morgan fingerprint density at radius 1 is 1.40 bits per heavy atom. The van der Waals surface area contributed by atoms with Crippen LogP contribution in [0.25, 0.3) is 0 Å². The zero-order chi connectivity index (χ0) is 15.1. The van der Waals surface area contributed by atoms with Gasteiger partial charge in [-0.3, -0.25) is 14.3 Å². The normalized spacial score (nSPS) is 13.3. The van der Waals surface area contributed by atoms with Crippen molar-refractivity contribution in [1.82, 2.24) is 5.32 Å². The Balaban J connectivity index is 2.39. The molecule has 8 heteroatoms. The molecule has 1 rings (SSSR count). The second kappa shape index (κ2) is 7.59. The molecular formula is C12H17N3O4S. The lowest BCUT2D eigenvalue weighted by Gasteiger charge is -2.10. The number of anilines is 1. The highest BCUT2D eigenvalue weighted by atomic mass is 32.2. The van der Waals surface area contributed by atoms with Crippen LogP contribution in [0.5, 0.6) is 0 Å². The van der Waals surface area contributed by atoms with Crippen LogP contribution in [0.2, 0.25) is 0 Å². The number of nitrogens with zero attached hydrogens (tertiary/aromatic N) is 1. The summed E-state index contributed by atoms with van der Waals surface area (Å²) in [4.78, 5) is 21.5. The Kier molecular flexibility index (Phi) is 6.10. The van der Waals surface area contributed by atoms with Gasteiger partial charge in [-0.2, -0.15) is 0 Å². The van der Waals surface area contributed by atoms with E-state index in [0.717, 1.165) is 0 Å². The molecule has 0 heterocycles. The molecule has 0 radical (unpaired) electrons. The van der Waals surface area contributed by atoms with Gasteiger partial charge in [0, 0.05) is 46.7 Å². The monoisotopic (exact) mass is 299 g/mol. The first-order chi connectivity index (χ1) is 9.40. The minimum absolute atomic E-state index is 0.0228. The third kappa shape index (κ3) is 5.35. The average Bonchev–Trinajstić information content (AvgIpc) is 2.39. The molecule has 0 aromatic heterocycles. The van der Waals surface area contributed by atoms with Gasteiger partial charge < -0.3 is 10.6 Å². The molecule has 0 fully saturated rings. The fourth-order valence-electron chi connectivity index (χ4n) is 1.40. The van der Waals surface area contributed by atoms with Crippen molar-refractivity contribution in [2.75, 3.05) is 18.1 Å². The Labute approximate surface area is 119 Å². The molecule has 0 spiro atoms. The van der Waals surface area contributed by atoms with Crippen molar-refractivity contribution in [2.24, 2.45) is 0 Å². The van der Waals surface area contributed by atoms with Crippen molar-refractivity contribution < 1.29 is 13.9 Å². The van der Waals surface area contributed by atoms with Crippen LogP contribution >= 0.6 is 0 Å². The van der Waals surface area contributed by atoms with Crippen molar-refractivity contribution in [1.29, 1.82) is 0 Å². The molecule has 0 saturated heterocycles. The third-order valence-corrected chi connectivity index (χ3v) is 4.11. The third-order valence-electron chi connectivity index (χ3n) is 2.74. The van der Waals surface area contributed by atoms with Gasteiger partial charge in [0.1, 0.15) is 0 Å². The fourth-order valence-corrected chi connectivity index (χ4v) is 1.85. The second-order valence-electron chi connectivity index (χ2n) is 4.28. The number of urea groups is 1. The van der Waals surface area contributed by atoms with Gasteiger partial charge in [-0.25, -0.2) is 4.79 Å². The Bertz CT molecular complexity index is 504. The SMILES string of the molecule is C[C@@H](CCNC(=O)Nc1ccc([N+](=O)[O-])cc1)[S@@](C)=O. The number of amides is 2. The predicted octanol–water partition coefficient (Wildman–Crippen LogP) is 1.87. The zero-order valence-electron chi connectivity index (χ0n) is 11.3. The maximum Gasteiger partial charge on any atom is 0.319 e. The molecule has 7 nitrogen and oxygen atoms in total. The first-order valence-corrected chi connectivity index (χ1v) is 7.64. The summed E-state index contributed by atoms with van der Waals surface area (Å²) in [5.41, 5.74) is 0.440. The largest absolute Gasteiger partial charge is 0.338 e. The molecule has 0 unspecified atom stereocenters. The van der Waals surface area contributed by atoms with Gasteiger partial charge >= 0.3 is 6.03 Å². The molecule has 1 aromatic carbocycles. The lowest BCUT2D eigenvalue weighted by Crippen LogP contribution is -2.31. The Morgan fingerprint density at radius 2 is 2.00 bits per heavy atom. The Hall–Kier alpha value is -1.96. The quantitative estimate of drug-likeness (QED) is 0.618. The highest BCUT2D eigenvalue weighted by Crippen LogP contribution is 2.15. The predicted molar refractivity (Wildman–Crippen MR) is 78.3 cm³/mol. The van der Waals surface area contributed by atoms with E-state index < -0.39 is 21.8 Å². The number of non-ortho nitro benzene ring substituents is 1. The van der Waals surface area contributed by atoms with Crippen molar-refractivity contribution in [3.8, 4) is 0 Å². The number of nitrogens with one attached hydrogen (secondary N) is 2. The van der Waals surface area contributed by atoms with E-state index in [1.807, 2.05) is 6.92 Å². The van der Waals surface area contributed by atoms with Crippen LogP contribution in [0.15, 0.2) is 24.3 Å². The summed E-state index contributed by atoms with van der Waals surface area (Å²) in [6, 6.07) is 5.16. The van der Waals surface area contributed by atoms with Crippen LogP contribution in [0.1, 0.15) is 13.3 Å². The van der Waals surface area contributed by atoms with E-state index >= 15 is 0 Å². The van der Waals surface area contributed by atoms with E-state index in [9.17, 15) is 19.1 Å². The maximum absolute atomic E-state index is 11.6. The summed E-state index contributed by atoms with van der Waals surface area (Å²) in [6.07, 6.45) is 2.25. The van der Waals surface area contributed by atoms with Crippen LogP contribution in [-0.2, 0) is 10.8 Å². The first-order valence-electron chi connectivity index (χ1n) is 6.01. The summed E-state index contributed by atoms with van der Waals surface area (Å²) >= 11 is 0. The van der Waals surface area contributed by atoms with Gasteiger partial charge in [-0.1, -0.05) is 6.92 Å². The summed E-state index contributed by atoms with van der Waals surface area (Å²) in [6.45, 7) is 2.27. The number of rotatable bonds is 6. The average molecular weight is 299 g/mol. The molecule has 0 aliphatic heterocycles. The minimum Gasteiger partial charge on any atom is -0.338 e. The van der Waals surface area contributed by atoms with Gasteiger partial charge in [0.2, 0.25) is 0 Å². The van der Waals surface area contributed by atoms with Gasteiger partial charge in [0.15, 0.2) is 0 Å². The van der Waals surface area contributed by atoms with Crippen LogP contribution in [0.3, 0.4) is 0 Å². The summed E-state index contributed by atoms with van der Waals surface area (Å²) in [7, 11) is -0.906. The van der Waals surface area contributed by atoms with Crippen molar-refractivity contribution in [3.63, 3.8) is 0 Å². The molecule has 0 bridgehead atoms. The van der Waals surface area contributed by atoms with E-state index in [2.05, 4.69) is 10.6 Å². The van der Waals surface area contributed by atoms with Crippen LogP contribution in [-0.4, -0.2) is 33.2 Å². The number of benzene rings is 1. The summed E-state index contributed by atoms with van der Waals surface area (Å²) in [5, 5.41) is 15.7. The number of hydrogen-bond donors (Lipinski definition) is 2. The molecule has 0 aliphatic rings. The van der Waals surface area contributed by atoms with Crippen molar-refractivity contribution in [2.45, 2.75) is 18.6 Å². The van der Waals surface area contributed by atoms with Crippen LogP contribution in [0, 0.1) is 10.1 Å². The lowest BCUT2D eigenvalue weighted by molar-refractivity contribution is -0.384. The molecule has 110 valence electrons. The standard InChI is InChI=1S/C12H17N3O4S/c1-9(20(2)19)7-8-13-12(16)14-10-3-5-11(6-4-10)15(17)18/h3-6,9H,7-8H2,1-2H3,(H2,13,14,16)/t9-,20+/m0/s1. The fraction of sp³-hybridized carbons (Fsp3) is 0.417.